The van der Waals surface area contributed by atoms with Gasteiger partial charge in [0.25, 0.3) is 6.13 Å². The van der Waals surface area contributed by atoms with Gasteiger partial charge >= 0.3 is 0 Å². The molecule has 1 saturated carbocycles. The van der Waals surface area contributed by atoms with Crippen LogP contribution in [0.1, 0.15) is 12.0 Å². The Kier molecular flexibility index (Phi) is 2.84. The lowest BCUT2D eigenvalue weighted by molar-refractivity contribution is -0.137. The van der Waals surface area contributed by atoms with E-state index in [-0.39, 0.29) is 6.42 Å². The molecule has 20 heavy (non-hydrogen) atoms. The standard InChI is InChI=1S/C12H10B4ClNO2/c13-10(14)5-8(19)9(20)11(18)6-3-1-2-4-7(6)16(17)12(10,11)15/h1-4,8,19H,5,18H2. The van der Waals surface area contributed by atoms with Crippen molar-refractivity contribution in [2.24, 2.45) is 5.73 Å². The molecule has 3 atom stereocenters. The summed E-state index contributed by atoms with van der Waals surface area (Å²) in [5.74, 6) is -0.595. The van der Waals surface area contributed by atoms with E-state index in [1.54, 1.807) is 24.3 Å². The van der Waals surface area contributed by atoms with Gasteiger partial charge in [-0.05, 0) is 17.2 Å². The van der Waals surface area contributed by atoms with E-state index in [9.17, 15) is 9.90 Å². The van der Waals surface area contributed by atoms with Crippen molar-refractivity contribution in [3.63, 3.8) is 0 Å². The van der Waals surface area contributed by atoms with Gasteiger partial charge < -0.3 is 10.8 Å². The monoisotopic (exact) mass is 279 g/mol. The van der Waals surface area contributed by atoms with Crippen LogP contribution in [0.2, 0.25) is 10.4 Å². The summed E-state index contributed by atoms with van der Waals surface area (Å²) in [6, 6.07) is 6.91. The van der Waals surface area contributed by atoms with Crippen molar-refractivity contribution < 1.29 is 9.90 Å². The highest BCUT2D eigenvalue weighted by atomic mass is 35.5. The minimum atomic E-state index is -1.70. The van der Waals surface area contributed by atoms with Crippen LogP contribution in [-0.2, 0) is 10.3 Å². The third-order valence-corrected chi connectivity index (χ3v) is 5.28. The van der Waals surface area contributed by atoms with Crippen LogP contribution in [-0.4, -0.2) is 46.7 Å². The van der Waals surface area contributed by atoms with Crippen LogP contribution in [0.4, 0.5) is 0 Å². The highest BCUT2D eigenvalue weighted by Gasteiger charge is 2.70. The number of aliphatic hydroxyl groups is 1. The van der Waals surface area contributed by atoms with Crippen molar-refractivity contribution in [2.75, 3.05) is 0 Å². The fourth-order valence-corrected chi connectivity index (χ4v) is 4.09. The molecule has 3 nitrogen and oxygen atoms in total. The molecule has 1 aliphatic heterocycles. The normalized spacial score (nSPS) is 38.5. The second kappa shape index (κ2) is 3.96. The van der Waals surface area contributed by atoms with Crippen molar-refractivity contribution in [3.05, 3.63) is 29.8 Å². The number of rotatable bonds is 0. The number of fused-ring (bicyclic) bond motifs is 3. The SMILES string of the molecule is [B]C1([B])CC(O)C(=O)C2(N)c3ccccc3B(Cl)C12[B]. The quantitative estimate of drug-likeness (QED) is 0.595. The Balaban J connectivity index is 2.36. The van der Waals surface area contributed by atoms with Gasteiger partial charge in [-0.15, -0.1) is 5.21 Å². The molecule has 3 unspecified atom stereocenters. The molecular weight excluding hydrogens is 269 g/mol. The molecule has 3 rings (SSSR count). The van der Waals surface area contributed by atoms with Gasteiger partial charge in [-0.1, -0.05) is 29.7 Å². The minimum Gasteiger partial charge on any atom is -0.385 e. The zero-order chi connectivity index (χ0) is 14.9. The molecule has 1 aromatic carbocycles. The van der Waals surface area contributed by atoms with E-state index in [1.165, 1.54) is 0 Å². The zero-order valence-corrected chi connectivity index (χ0v) is 11.5. The van der Waals surface area contributed by atoms with Crippen molar-refractivity contribution >= 4 is 52.4 Å². The first-order chi connectivity index (χ1) is 9.18. The van der Waals surface area contributed by atoms with Crippen LogP contribution in [0, 0.1) is 0 Å². The summed E-state index contributed by atoms with van der Waals surface area (Å²) in [7, 11) is 18.5. The van der Waals surface area contributed by atoms with Crippen LogP contribution in [0.15, 0.2) is 24.3 Å². The first-order valence-electron chi connectivity index (χ1n) is 6.29. The van der Waals surface area contributed by atoms with Gasteiger partial charge in [0.15, 0.2) is 5.78 Å². The Morgan fingerprint density at radius 3 is 2.60 bits per heavy atom. The summed E-state index contributed by atoms with van der Waals surface area (Å²) >= 11 is 6.45. The second-order valence-corrected chi connectivity index (χ2v) is 6.19. The predicted molar refractivity (Wildman–Crippen MR) is 81.8 cm³/mol. The molecule has 0 bridgehead atoms. The molecule has 1 fully saturated rings. The number of carbonyl (C=O) groups excluding carboxylic acids is 1. The fourth-order valence-electron chi connectivity index (χ4n) is 3.53. The van der Waals surface area contributed by atoms with Gasteiger partial charge in [-0.3, -0.25) is 4.79 Å². The average molecular weight is 279 g/mol. The Labute approximate surface area is 126 Å². The molecule has 94 valence electrons. The maximum absolute atomic E-state index is 12.5. The molecule has 1 aliphatic carbocycles. The van der Waals surface area contributed by atoms with E-state index >= 15 is 0 Å². The van der Waals surface area contributed by atoms with Gasteiger partial charge in [0, 0.05) is 0 Å². The Hall–Kier alpha value is -0.640. The lowest BCUT2D eigenvalue weighted by Gasteiger charge is -2.58. The number of nitrogens with two attached hydrogens (primary N) is 1. The Morgan fingerprint density at radius 1 is 1.35 bits per heavy atom. The van der Waals surface area contributed by atoms with Crippen molar-refractivity contribution in [1.29, 1.82) is 0 Å². The number of benzene rings is 1. The number of hydrogen-bond acceptors (Lipinski definition) is 3. The fraction of sp³-hybridized carbons (Fsp3) is 0.417. The number of halogens is 1. The maximum atomic E-state index is 12.5. The minimum absolute atomic E-state index is 0.182. The summed E-state index contributed by atoms with van der Waals surface area (Å²) in [6.45, 7) is 0. The molecule has 2 aliphatic rings. The summed E-state index contributed by atoms with van der Waals surface area (Å²) in [5, 5.41) is 6.83. The van der Waals surface area contributed by atoms with Gasteiger partial charge in [-0.2, -0.15) is 11.5 Å². The lowest BCUT2D eigenvalue weighted by atomic mass is 9.18. The zero-order valence-electron chi connectivity index (χ0n) is 10.7. The van der Waals surface area contributed by atoms with Crippen molar-refractivity contribution in [2.45, 2.75) is 28.5 Å². The van der Waals surface area contributed by atoms with E-state index in [2.05, 4.69) is 0 Å². The topological polar surface area (TPSA) is 63.3 Å². The van der Waals surface area contributed by atoms with E-state index in [1.807, 2.05) is 0 Å². The number of hydrogen-bond donors (Lipinski definition) is 2. The summed E-state index contributed by atoms with van der Waals surface area (Å²) < 4.78 is 0. The van der Waals surface area contributed by atoms with Gasteiger partial charge in [-0.25, -0.2) is 0 Å². The lowest BCUT2D eigenvalue weighted by Crippen LogP contribution is -2.66. The summed E-state index contributed by atoms with van der Waals surface area (Å²) in [5.41, 5.74) is 5.74. The van der Waals surface area contributed by atoms with Gasteiger partial charge in [0.05, 0.1) is 29.1 Å². The summed E-state index contributed by atoms with van der Waals surface area (Å²) in [6.07, 6.45) is -2.35. The van der Waals surface area contributed by atoms with Crippen LogP contribution in [0.5, 0.6) is 0 Å². The van der Waals surface area contributed by atoms with Crippen LogP contribution >= 0.6 is 11.5 Å². The van der Waals surface area contributed by atoms with E-state index in [0.29, 0.717) is 11.0 Å². The summed E-state index contributed by atoms with van der Waals surface area (Å²) in [4.78, 5) is 12.5. The second-order valence-electron chi connectivity index (χ2n) is 5.75. The highest BCUT2D eigenvalue weighted by molar-refractivity contribution is 7.20. The molecule has 1 heterocycles. The van der Waals surface area contributed by atoms with E-state index in [0.717, 1.165) is 0 Å². The van der Waals surface area contributed by atoms with Crippen molar-refractivity contribution in [1.82, 2.24) is 0 Å². The molecule has 0 spiro atoms. The third-order valence-electron chi connectivity index (χ3n) is 4.70. The predicted octanol–water partition coefficient (Wildman–Crippen LogP) is -1.06. The highest BCUT2D eigenvalue weighted by Crippen LogP contribution is 2.66. The molecule has 0 saturated heterocycles. The average Bonchev–Trinajstić information content (AvgIpc) is 2.59. The maximum Gasteiger partial charge on any atom is 0.282 e. The largest absolute Gasteiger partial charge is 0.385 e. The van der Waals surface area contributed by atoms with Crippen LogP contribution in [0.3, 0.4) is 0 Å². The molecule has 8 heteroatoms. The molecule has 6 radical (unpaired) electrons. The Bertz CT molecular complexity index is 613. The molecular formula is C12H10B4ClNO2. The number of carbonyl (C=O) groups is 1. The Morgan fingerprint density at radius 2 is 1.95 bits per heavy atom. The van der Waals surface area contributed by atoms with Crippen LogP contribution in [0.25, 0.3) is 0 Å². The first kappa shape index (κ1) is 14.3. The molecule has 0 aromatic heterocycles. The van der Waals surface area contributed by atoms with Crippen LogP contribution < -0.4 is 11.2 Å². The number of Topliss-reactive ketones (excluding diaryl/α,β-unsaturated/α-hetero) is 1. The molecule has 0 amide bonds. The van der Waals surface area contributed by atoms with Gasteiger partial charge in [0.2, 0.25) is 0 Å². The first-order valence-corrected chi connectivity index (χ1v) is 6.73. The van der Waals surface area contributed by atoms with Crippen molar-refractivity contribution in [3.8, 4) is 0 Å². The van der Waals surface area contributed by atoms with E-state index in [4.69, 9.17) is 40.7 Å². The smallest absolute Gasteiger partial charge is 0.282 e. The number of ketones is 1. The number of aliphatic hydroxyl groups excluding tert-OH is 1. The molecule has 3 N–H and O–H groups in total. The van der Waals surface area contributed by atoms with E-state index < -0.39 is 34.0 Å². The van der Waals surface area contributed by atoms with Gasteiger partial charge in [0.1, 0.15) is 6.10 Å². The molecule has 1 aromatic rings. The third kappa shape index (κ3) is 1.32.